The summed E-state index contributed by atoms with van der Waals surface area (Å²) in [4.78, 5) is 15.7. The number of pyridine rings is 1. The fourth-order valence-electron chi connectivity index (χ4n) is 2.23. The van der Waals surface area contributed by atoms with Crippen molar-refractivity contribution < 1.29 is 13.9 Å². The number of carbonyl (C=O) groups is 1. The molecule has 6 nitrogen and oxygen atoms in total. The van der Waals surface area contributed by atoms with Crippen molar-refractivity contribution in [1.29, 1.82) is 0 Å². The molecule has 0 unspecified atom stereocenters. The number of nitrogens with zero attached hydrogens (tertiary/aromatic N) is 3. The van der Waals surface area contributed by atoms with Crippen LogP contribution in [0.4, 0.5) is 9.18 Å². The number of rotatable bonds is 3. The van der Waals surface area contributed by atoms with Crippen LogP contribution in [0.3, 0.4) is 0 Å². The SMILES string of the molecule is COc1cccc(C=Cc2nn(C(N)=O)c3c(F)cccc23)n1. The van der Waals surface area contributed by atoms with Crippen LogP contribution in [0, 0.1) is 5.82 Å². The summed E-state index contributed by atoms with van der Waals surface area (Å²) in [6.45, 7) is 0. The number of hydrogen-bond donors (Lipinski definition) is 1. The van der Waals surface area contributed by atoms with E-state index in [1.165, 1.54) is 13.2 Å². The number of benzene rings is 1. The van der Waals surface area contributed by atoms with Crippen LogP contribution in [-0.4, -0.2) is 27.9 Å². The van der Waals surface area contributed by atoms with Gasteiger partial charge in [0, 0.05) is 11.5 Å². The van der Waals surface area contributed by atoms with E-state index in [1.54, 1.807) is 42.5 Å². The lowest BCUT2D eigenvalue weighted by molar-refractivity contribution is 0.248. The maximum Gasteiger partial charge on any atom is 0.340 e. The first-order valence-corrected chi connectivity index (χ1v) is 6.76. The number of carbonyl (C=O) groups excluding carboxylic acids is 1. The third-order valence-electron chi connectivity index (χ3n) is 3.26. The molecule has 0 saturated heterocycles. The highest BCUT2D eigenvalue weighted by molar-refractivity contribution is 5.95. The maximum atomic E-state index is 14.0. The minimum atomic E-state index is -0.848. The van der Waals surface area contributed by atoms with Crippen LogP contribution in [-0.2, 0) is 0 Å². The maximum absolute atomic E-state index is 14.0. The minimum Gasteiger partial charge on any atom is -0.481 e. The van der Waals surface area contributed by atoms with Crippen molar-refractivity contribution in [3.05, 3.63) is 53.6 Å². The van der Waals surface area contributed by atoms with E-state index in [0.29, 0.717) is 22.7 Å². The second kappa shape index (κ2) is 5.88. The van der Waals surface area contributed by atoms with Gasteiger partial charge in [0.15, 0.2) is 0 Å². The molecular formula is C16H13FN4O2. The van der Waals surface area contributed by atoms with E-state index in [9.17, 15) is 9.18 Å². The Morgan fingerprint density at radius 3 is 2.78 bits per heavy atom. The van der Waals surface area contributed by atoms with Gasteiger partial charge in [0.05, 0.1) is 18.5 Å². The van der Waals surface area contributed by atoms with Crippen molar-refractivity contribution in [3.63, 3.8) is 0 Å². The summed E-state index contributed by atoms with van der Waals surface area (Å²) in [5.41, 5.74) is 6.36. The molecule has 2 aromatic heterocycles. The van der Waals surface area contributed by atoms with Gasteiger partial charge >= 0.3 is 6.03 Å². The van der Waals surface area contributed by atoms with Crippen LogP contribution in [0.5, 0.6) is 5.88 Å². The highest BCUT2D eigenvalue weighted by Crippen LogP contribution is 2.23. The molecule has 23 heavy (non-hydrogen) atoms. The first kappa shape index (κ1) is 14.7. The summed E-state index contributed by atoms with van der Waals surface area (Å²) in [7, 11) is 1.53. The summed E-state index contributed by atoms with van der Waals surface area (Å²) >= 11 is 0. The van der Waals surface area contributed by atoms with E-state index in [1.807, 2.05) is 0 Å². The van der Waals surface area contributed by atoms with Gasteiger partial charge in [-0.1, -0.05) is 18.2 Å². The highest BCUT2D eigenvalue weighted by atomic mass is 19.1. The van der Waals surface area contributed by atoms with E-state index in [4.69, 9.17) is 10.5 Å². The zero-order valence-electron chi connectivity index (χ0n) is 12.2. The van der Waals surface area contributed by atoms with E-state index in [2.05, 4.69) is 10.1 Å². The number of aromatic nitrogens is 3. The number of ether oxygens (including phenoxy) is 1. The van der Waals surface area contributed by atoms with Gasteiger partial charge in [0.2, 0.25) is 5.88 Å². The monoisotopic (exact) mass is 312 g/mol. The number of methoxy groups -OCH3 is 1. The van der Waals surface area contributed by atoms with Gasteiger partial charge in [-0.15, -0.1) is 0 Å². The quantitative estimate of drug-likeness (QED) is 0.806. The second-order valence-electron chi connectivity index (χ2n) is 4.71. The smallest absolute Gasteiger partial charge is 0.340 e. The number of nitrogens with two attached hydrogens (primary N) is 1. The van der Waals surface area contributed by atoms with Gasteiger partial charge < -0.3 is 10.5 Å². The van der Waals surface area contributed by atoms with Crippen LogP contribution in [0.2, 0.25) is 0 Å². The lowest BCUT2D eigenvalue weighted by Crippen LogP contribution is -2.21. The van der Waals surface area contributed by atoms with Crippen LogP contribution in [0.15, 0.2) is 36.4 Å². The third-order valence-corrected chi connectivity index (χ3v) is 3.26. The lowest BCUT2D eigenvalue weighted by Gasteiger charge is -1.98. The molecule has 0 aliphatic carbocycles. The molecule has 0 radical (unpaired) electrons. The molecule has 0 bridgehead atoms. The van der Waals surface area contributed by atoms with E-state index >= 15 is 0 Å². The molecule has 0 atom stereocenters. The van der Waals surface area contributed by atoms with Crippen LogP contribution in [0.25, 0.3) is 23.1 Å². The standard InChI is InChI=1S/C16H13FN4O2/c1-23-14-7-2-4-10(19-14)8-9-13-11-5-3-6-12(17)15(11)21(20-13)16(18)22/h2-9H,1H3,(H2,18,22). The molecule has 1 aromatic carbocycles. The predicted octanol–water partition coefficient (Wildman–Crippen LogP) is 2.68. The Labute approximate surface area is 131 Å². The normalized spacial score (nSPS) is 11.2. The van der Waals surface area contributed by atoms with Crippen molar-refractivity contribution in [1.82, 2.24) is 14.8 Å². The highest BCUT2D eigenvalue weighted by Gasteiger charge is 2.15. The largest absolute Gasteiger partial charge is 0.481 e. The molecule has 3 aromatic rings. The summed E-state index contributed by atoms with van der Waals surface area (Å²) in [5, 5.41) is 4.55. The average molecular weight is 312 g/mol. The molecule has 0 fully saturated rings. The van der Waals surface area contributed by atoms with Gasteiger partial charge in [0.1, 0.15) is 11.3 Å². The summed E-state index contributed by atoms with van der Waals surface area (Å²) in [5.74, 6) is -0.0846. The van der Waals surface area contributed by atoms with Gasteiger partial charge in [-0.2, -0.15) is 9.78 Å². The number of fused-ring (bicyclic) bond motifs is 1. The van der Waals surface area contributed by atoms with Gasteiger partial charge in [-0.05, 0) is 24.3 Å². The third kappa shape index (κ3) is 2.76. The average Bonchev–Trinajstić information content (AvgIpc) is 2.94. The summed E-state index contributed by atoms with van der Waals surface area (Å²) in [6.07, 6.45) is 3.34. The zero-order valence-corrected chi connectivity index (χ0v) is 12.2. The van der Waals surface area contributed by atoms with Crippen molar-refractivity contribution in [3.8, 4) is 5.88 Å². The molecular weight excluding hydrogens is 299 g/mol. The Kier molecular flexibility index (Phi) is 3.76. The predicted molar refractivity (Wildman–Crippen MR) is 84.4 cm³/mol. The molecule has 7 heteroatoms. The summed E-state index contributed by atoms with van der Waals surface area (Å²) < 4.78 is 19.9. The lowest BCUT2D eigenvalue weighted by atomic mass is 10.2. The fourth-order valence-corrected chi connectivity index (χ4v) is 2.23. The molecule has 0 aliphatic heterocycles. The topological polar surface area (TPSA) is 83.0 Å². The number of primary amides is 1. The molecule has 0 saturated carbocycles. The van der Waals surface area contributed by atoms with Crippen LogP contribution >= 0.6 is 0 Å². The fraction of sp³-hybridized carbons (Fsp3) is 0.0625. The van der Waals surface area contributed by atoms with E-state index in [0.717, 1.165) is 4.68 Å². The minimum absolute atomic E-state index is 0.0539. The molecule has 116 valence electrons. The Bertz CT molecular complexity index is 918. The van der Waals surface area contributed by atoms with Crippen molar-refractivity contribution in [2.45, 2.75) is 0 Å². The van der Waals surface area contributed by atoms with E-state index < -0.39 is 11.8 Å². The van der Waals surface area contributed by atoms with Crippen LogP contribution < -0.4 is 10.5 Å². The molecule has 3 rings (SSSR count). The van der Waals surface area contributed by atoms with Gasteiger partial charge in [-0.3, -0.25) is 0 Å². The number of halogens is 1. The van der Waals surface area contributed by atoms with Crippen LogP contribution in [0.1, 0.15) is 11.4 Å². The van der Waals surface area contributed by atoms with Crippen molar-refractivity contribution >= 4 is 29.1 Å². The molecule has 0 spiro atoms. The van der Waals surface area contributed by atoms with E-state index in [-0.39, 0.29) is 5.52 Å². The molecule has 0 aliphatic rings. The molecule has 1 amide bonds. The van der Waals surface area contributed by atoms with Crippen molar-refractivity contribution in [2.75, 3.05) is 7.11 Å². The zero-order chi connectivity index (χ0) is 16.4. The number of amides is 1. The second-order valence-corrected chi connectivity index (χ2v) is 4.71. The Morgan fingerprint density at radius 2 is 2.04 bits per heavy atom. The Balaban J connectivity index is 2.08. The van der Waals surface area contributed by atoms with Gasteiger partial charge in [-0.25, -0.2) is 14.2 Å². The van der Waals surface area contributed by atoms with Crippen molar-refractivity contribution in [2.24, 2.45) is 5.73 Å². The first-order chi connectivity index (χ1) is 11.1. The molecule has 2 heterocycles. The number of hydrogen-bond acceptors (Lipinski definition) is 4. The number of para-hydroxylation sites is 1. The molecule has 2 N–H and O–H groups in total. The Morgan fingerprint density at radius 1 is 1.26 bits per heavy atom. The van der Waals surface area contributed by atoms with Gasteiger partial charge in [0.25, 0.3) is 0 Å². The first-order valence-electron chi connectivity index (χ1n) is 6.76. The summed E-state index contributed by atoms with van der Waals surface area (Å²) in [6, 6.07) is 8.93. The Hall–Kier alpha value is -3.22.